The van der Waals surface area contributed by atoms with Crippen molar-refractivity contribution in [1.82, 2.24) is 4.72 Å². The standard InChI is InChI=1S/C16H23NO6S3/c18-24(19)10-9-16(12-24)25(20,21)14-7-4-8-15(11-14)26(22,23)17-13-5-2-1-3-6-13/h4,7-8,11,13,16-17H,1-3,5-6,9-10,12H2/t16-/m0/s1. The summed E-state index contributed by atoms with van der Waals surface area (Å²) in [6.07, 6.45) is 4.63. The summed E-state index contributed by atoms with van der Waals surface area (Å²) in [7, 11) is -11.1. The van der Waals surface area contributed by atoms with Gasteiger partial charge in [0.05, 0.1) is 26.5 Å². The van der Waals surface area contributed by atoms with Gasteiger partial charge in [0.25, 0.3) is 0 Å². The summed E-state index contributed by atoms with van der Waals surface area (Å²) < 4.78 is 76.5. The SMILES string of the molecule is O=S1(=O)CC[C@H](S(=O)(=O)c2cccc(S(=O)(=O)NC3CCCCC3)c2)C1. The lowest BCUT2D eigenvalue weighted by atomic mass is 9.96. The maximum absolute atomic E-state index is 12.7. The first-order chi connectivity index (χ1) is 12.1. The molecule has 0 bridgehead atoms. The van der Waals surface area contributed by atoms with Crippen LogP contribution in [0.15, 0.2) is 34.1 Å². The van der Waals surface area contributed by atoms with Crippen molar-refractivity contribution < 1.29 is 25.3 Å². The lowest BCUT2D eigenvalue weighted by molar-refractivity contribution is 0.412. The van der Waals surface area contributed by atoms with Crippen LogP contribution in [0, 0.1) is 0 Å². The second kappa shape index (κ2) is 7.21. The molecule has 26 heavy (non-hydrogen) atoms. The van der Waals surface area contributed by atoms with E-state index in [-0.39, 0.29) is 28.0 Å². The third-order valence-corrected chi connectivity index (χ3v) is 10.7. The lowest BCUT2D eigenvalue weighted by Crippen LogP contribution is -2.36. The molecule has 1 atom stereocenters. The first kappa shape index (κ1) is 19.8. The molecule has 0 spiro atoms. The monoisotopic (exact) mass is 421 g/mol. The first-order valence-corrected chi connectivity index (χ1v) is 13.5. The van der Waals surface area contributed by atoms with Crippen LogP contribution in [0.3, 0.4) is 0 Å². The van der Waals surface area contributed by atoms with Crippen LogP contribution in [-0.2, 0) is 29.7 Å². The quantitative estimate of drug-likeness (QED) is 0.765. The van der Waals surface area contributed by atoms with Crippen molar-refractivity contribution in [3.63, 3.8) is 0 Å². The van der Waals surface area contributed by atoms with E-state index in [1.165, 1.54) is 18.2 Å². The Bertz CT molecular complexity index is 977. The summed E-state index contributed by atoms with van der Waals surface area (Å²) in [4.78, 5) is -0.254. The molecule has 2 aliphatic rings. The second-order valence-corrected chi connectivity index (χ2v) is 13.2. The van der Waals surface area contributed by atoms with Gasteiger partial charge in [-0.15, -0.1) is 0 Å². The highest BCUT2D eigenvalue weighted by Crippen LogP contribution is 2.27. The molecule has 7 nitrogen and oxygen atoms in total. The van der Waals surface area contributed by atoms with Crippen LogP contribution in [0.25, 0.3) is 0 Å². The van der Waals surface area contributed by atoms with E-state index in [4.69, 9.17) is 0 Å². The minimum Gasteiger partial charge on any atom is -0.229 e. The Hall–Kier alpha value is -0.970. The average molecular weight is 422 g/mol. The Balaban J connectivity index is 1.85. The molecule has 1 N–H and O–H groups in total. The Morgan fingerprint density at radius 1 is 0.923 bits per heavy atom. The average Bonchev–Trinajstić information content (AvgIpc) is 2.96. The summed E-state index contributed by atoms with van der Waals surface area (Å²) in [5.74, 6) is -0.565. The molecular formula is C16H23NO6S3. The molecule has 2 fully saturated rings. The van der Waals surface area contributed by atoms with Gasteiger partial charge in [-0.25, -0.2) is 30.0 Å². The fourth-order valence-corrected chi connectivity index (χ4v) is 9.35. The Labute approximate surface area is 155 Å². The molecule has 0 aromatic heterocycles. The molecule has 1 aliphatic carbocycles. The van der Waals surface area contributed by atoms with Crippen molar-refractivity contribution in [3.8, 4) is 0 Å². The Morgan fingerprint density at radius 3 is 2.19 bits per heavy atom. The molecular weight excluding hydrogens is 398 g/mol. The van der Waals surface area contributed by atoms with Gasteiger partial charge in [0.2, 0.25) is 10.0 Å². The van der Waals surface area contributed by atoms with Crippen LogP contribution in [0.5, 0.6) is 0 Å². The van der Waals surface area contributed by atoms with Gasteiger partial charge in [-0.2, -0.15) is 0 Å². The summed E-state index contributed by atoms with van der Waals surface area (Å²) in [5, 5.41) is -1.02. The second-order valence-electron chi connectivity index (χ2n) is 7.00. The smallest absolute Gasteiger partial charge is 0.229 e. The summed E-state index contributed by atoms with van der Waals surface area (Å²) in [5.41, 5.74) is 0. The predicted molar refractivity (Wildman–Crippen MR) is 97.9 cm³/mol. The maximum atomic E-state index is 12.7. The Kier molecular flexibility index (Phi) is 5.49. The number of hydrogen-bond donors (Lipinski definition) is 1. The number of benzene rings is 1. The normalized spacial score (nSPS) is 24.5. The highest BCUT2D eigenvalue weighted by atomic mass is 32.2. The lowest BCUT2D eigenvalue weighted by Gasteiger charge is -2.22. The van der Waals surface area contributed by atoms with Gasteiger partial charge in [-0.1, -0.05) is 25.3 Å². The molecule has 146 valence electrons. The first-order valence-electron chi connectivity index (χ1n) is 8.67. The van der Waals surface area contributed by atoms with Gasteiger partial charge in [0, 0.05) is 6.04 Å². The largest absolute Gasteiger partial charge is 0.240 e. The van der Waals surface area contributed by atoms with E-state index in [1.807, 2.05) is 0 Å². The van der Waals surface area contributed by atoms with Crippen molar-refractivity contribution in [2.75, 3.05) is 11.5 Å². The third-order valence-electron chi connectivity index (χ3n) is 5.00. The Morgan fingerprint density at radius 2 is 1.58 bits per heavy atom. The molecule has 0 unspecified atom stereocenters. The van der Waals surface area contributed by atoms with E-state index < -0.39 is 40.7 Å². The third kappa shape index (κ3) is 4.29. The molecule has 1 heterocycles. The van der Waals surface area contributed by atoms with Crippen molar-refractivity contribution >= 4 is 29.7 Å². The van der Waals surface area contributed by atoms with Crippen molar-refractivity contribution in [2.45, 2.75) is 59.6 Å². The molecule has 0 amide bonds. The maximum Gasteiger partial charge on any atom is 0.240 e. The fraction of sp³-hybridized carbons (Fsp3) is 0.625. The van der Waals surface area contributed by atoms with Gasteiger partial charge in [0.1, 0.15) is 0 Å². The molecule has 1 saturated carbocycles. The van der Waals surface area contributed by atoms with Gasteiger partial charge in [-0.3, -0.25) is 0 Å². The van der Waals surface area contributed by atoms with E-state index in [1.54, 1.807) is 0 Å². The van der Waals surface area contributed by atoms with Gasteiger partial charge in [0.15, 0.2) is 19.7 Å². The molecule has 0 radical (unpaired) electrons. The van der Waals surface area contributed by atoms with E-state index in [0.29, 0.717) is 0 Å². The number of sulfonamides is 1. The molecule has 10 heteroatoms. The zero-order valence-electron chi connectivity index (χ0n) is 14.3. The van der Waals surface area contributed by atoms with Crippen LogP contribution in [0.2, 0.25) is 0 Å². The molecule has 1 aliphatic heterocycles. The fourth-order valence-electron chi connectivity index (χ4n) is 3.52. The summed E-state index contributed by atoms with van der Waals surface area (Å²) >= 11 is 0. The van der Waals surface area contributed by atoms with E-state index >= 15 is 0 Å². The van der Waals surface area contributed by atoms with Crippen molar-refractivity contribution in [3.05, 3.63) is 24.3 Å². The minimum atomic E-state index is -3.90. The van der Waals surface area contributed by atoms with Crippen LogP contribution in [0.1, 0.15) is 38.5 Å². The van der Waals surface area contributed by atoms with Crippen molar-refractivity contribution in [2.24, 2.45) is 0 Å². The molecule has 3 rings (SSSR count). The van der Waals surface area contributed by atoms with Gasteiger partial charge < -0.3 is 0 Å². The minimum absolute atomic E-state index is 0.0436. The van der Waals surface area contributed by atoms with Gasteiger partial charge in [-0.05, 0) is 37.5 Å². The molecule has 1 aromatic carbocycles. The number of rotatable bonds is 5. The number of nitrogens with one attached hydrogen (secondary N) is 1. The van der Waals surface area contributed by atoms with E-state index in [2.05, 4.69) is 4.72 Å². The van der Waals surface area contributed by atoms with Crippen LogP contribution < -0.4 is 4.72 Å². The van der Waals surface area contributed by atoms with Crippen LogP contribution in [-0.4, -0.2) is 48.1 Å². The number of hydrogen-bond acceptors (Lipinski definition) is 6. The van der Waals surface area contributed by atoms with Gasteiger partial charge >= 0.3 is 0 Å². The zero-order chi connectivity index (χ0) is 19.0. The summed E-state index contributed by atoms with van der Waals surface area (Å²) in [6.45, 7) is 0. The highest BCUT2D eigenvalue weighted by molar-refractivity contribution is 7.96. The molecule has 1 saturated heterocycles. The number of sulfone groups is 2. The van der Waals surface area contributed by atoms with Crippen molar-refractivity contribution in [1.29, 1.82) is 0 Å². The molecule has 1 aromatic rings. The van der Waals surface area contributed by atoms with E-state index in [9.17, 15) is 25.3 Å². The van der Waals surface area contributed by atoms with Crippen LogP contribution >= 0.6 is 0 Å². The topological polar surface area (TPSA) is 114 Å². The van der Waals surface area contributed by atoms with E-state index in [0.717, 1.165) is 38.2 Å². The highest BCUT2D eigenvalue weighted by Gasteiger charge is 2.38. The van der Waals surface area contributed by atoms with Crippen LogP contribution in [0.4, 0.5) is 0 Å². The zero-order valence-corrected chi connectivity index (χ0v) is 16.7. The predicted octanol–water partition coefficient (Wildman–Crippen LogP) is 1.26. The summed E-state index contributed by atoms with van der Waals surface area (Å²) in [6, 6.07) is 5.06.